The van der Waals surface area contributed by atoms with Crippen molar-refractivity contribution in [2.75, 3.05) is 13.1 Å². The molecule has 2 N–H and O–H groups in total. The minimum Gasteiger partial charge on any atom is -0.320 e. The minimum atomic E-state index is -4.36. The fraction of sp³-hybridized carbons (Fsp3) is 0.381. The molecule has 1 unspecified atom stereocenters. The van der Waals surface area contributed by atoms with Crippen LogP contribution in [0.5, 0.6) is 0 Å². The standard InChI is InChI=1S/C21H22ClF3N2O/c22-16-7-5-15(6-8-16)20(19(26)13-28)27-11-9-14(10-12-27)17-3-1-2-4-18(17)21(23,24)25/h1-8,13-14,19-20H,9-12,26H2/t19-,20?/m0/s1. The molecule has 2 atom stereocenters. The number of nitrogens with zero attached hydrogens (tertiary/aromatic N) is 1. The molecule has 0 amide bonds. The first-order valence-electron chi connectivity index (χ1n) is 9.17. The summed E-state index contributed by atoms with van der Waals surface area (Å²) in [6.07, 6.45) is -2.50. The lowest BCUT2D eigenvalue weighted by Crippen LogP contribution is -2.45. The molecule has 0 bridgehead atoms. The SMILES string of the molecule is N[C@@H](C=O)C(c1ccc(Cl)cc1)N1CCC(c2ccccc2C(F)(F)F)CC1. The third-order valence-electron chi connectivity index (χ3n) is 5.36. The molecule has 0 spiro atoms. The van der Waals surface area contributed by atoms with Crippen molar-refractivity contribution in [1.29, 1.82) is 0 Å². The van der Waals surface area contributed by atoms with E-state index in [0.717, 1.165) is 11.6 Å². The summed E-state index contributed by atoms with van der Waals surface area (Å²) in [4.78, 5) is 13.4. The second-order valence-corrected chi connectivity index (χ2v) is 7.54. The van der Waals surface area contributed by atoms with Crippen LogP contribution in [0.1, 0.15) is 41.5 Å². The second-order valence-electron chi connectivity index (χ2n) is 7.11. The van der Waals surface area contributed by atoms with Gasteiger partial charge in [0.25, 0.3) is 0 Å². The lowest BCUT2D eigenvalue weighted by Gasteiger charge is -2.39. The van der Waals surface area contributed by atoms with E-state index in [1.165, 1.54) is 6.07 Å². The number of aldehydes is 1. The van der Waals surface area contributed by atoms with Gasteiger partial charge in [-0.2, -0.15) is 13.2 Å². The fourth-order valence-corrected chi connectivity index (χ4v) is 4.14. The smallest absolute Gasteiger partial charge is 0.320 e. The predicted molar refractivity (Wildman–Crippen MR) is 103 cm³/mol. The van der Waals surface area contributed by atoms with Gasteiger partial charge in [0.05, 0.1) is 17.6 Å². The Hall–Kier alpha value is -1.89. The van der Waals surface area contributed by atoms with Crippen LogP contribution in [0, 0.1) is 0 Å². The highest BCUT2D eigenvalue weighted by Crippen LogP contribution is 2.40. The number of carbonyl (C=O) groups excluding carboxylic acids is 1. The van der Waals surface area contributed by atoms with E-state index in [9.17, 15) is 18.0 Å². The van der Waals surface area contributed by atoms with E-state index in [0.29, 0.717) is 42.8 Å². The molecule has 1 heterocycles. The Morgan fingerprint density at radius 3 is 2.25 bits per heavy atom. The summed E-state index contributed by atoms with van der Waals surface area (Å²) in [6.45, 7) is 1.12. The van der Waals surface area contributed by atoms with E-state index < -0.39 is 17.8 Å². The predicted octanol–water partition coefficient (Wildman–Crippen LogP) is 4.81. The number of benzene rings is 2. The summed E-state index contributed by atoms with van der Waals surface area (Å²) >= 11 is 5.95. The Balaban J connectivity index is 1.78. The zero-order valence-electron chi connectivity index (χ0n) is 15.2. The van der Waals surface area contributed by atoms with Crippen LogP contribution >= 0.6 is 11.6 Å². The lowest BCUT2D eigenvalue weighted by atomic mass is 9.85. The van der Waals surface area contributed by atoms with Crippen molar-refractivity contribution in [3.8, 4) is 0 Å². The third kappa shape index (κ3) is 4.57. The fourth-order valence-electron chi connectivity index (χ4n) is 4.01. The van der Waals surface area contributed by atoms with Crippen LogP contribution in [0.15, 0.2) is 48.5 Å². The number of rotatable bonds is 5. The Morgan fingerprint density at radius 1 is 1.07 bits per heavy atom. The first-order valence-corrected chi connectivity index (χ1v) is 9.55. The summed E-state index contributed by atoms with van der Waals surface area (Å²) in [5, 5.41) is 0.588. The monoisotopic (exact) mass is 410 g/mol. The van der Waals surface area contributed by atoms with Gasteiger partial charge in [-0.05, 0) is 61.2 Å². The molecule has 2 aromatic carbocycles. The summed E-state index contributed by atoms with van der Waals surface area (Å²) < 4.78 is 40.0. The Morgan fingerprint density at radius 2 is 1.68 bits per heavy atom. The van der Waals surface area contributed by atoms with Crippen molar-refractivity contribution in [3.63, 3.8) is 0 Å². The maximum Gasteiger partial charge on any atom is 0.416 e. The third-order valence-corrected chi connectivity index (χ3v) is 5.61. The van der Waals surface area contributed by atoms with Crippen molar-refractivity contribution in [2.45, 2.75) is 37.0 Å². The molecule has 1 fully saturated rings. The van der Waals surface area contributed by atoms with Crippen molar-refractivity contribution in [2.24, 2.45) is 5.73 Å². The molecule has 0 radical (unpaired) electrons. The van der Waals surface area contributed by atoms with Crippen molar-refractivity contribution < 1.29 is 18.0 Å². The summed E-state index contributed by atoms with van der Waals surface area (Å²) in [5.41, 5.74) is 6.71. The molecule has 1 aliphatic heterocycles. The highest BCUT2D eigenvalue weighted by atomic mass is 35.5. The minimum absolute atomic E-state index is 0.174. The molecule has 28 heavy (non-hydrogen) atoms. The molecule has 0 aromatic heterocycles. The first kappa shape index (κ1) is 20.8. The van der Waals surface area contributed by atoms with E-state index in [1.807, 2.05) is 12.1 Å². The zero-order chi connectivity index (χ0) is 20.3. The van der Waals surface area contributed by atoms with Gasteiger partial charge in [0.1, 0.15) is 6.29 Å². The normalized spacial score (nSPS) is 18.6. The van der Waals surface area contributed by atoms with E-state index in [2.05, 4.69) is 4.90 Å². The summed E-state index contributed by atoms with van der Waals surface area (Å²) in [5.74, 6) is -0.174. The molecule has 1 aliphatic rings. The number of nitrogens with two attached hydrogens (primary N) is 1. The first-order chi connectivity index (χ1) is 13.3. The number of carbonyl (C=O) groups is 1. The zero-order valence-corrected chi connectivity index (χ0v) is 16.0. The molecule has 0 saturated carbocycles. The van der Waals surface area contributed by atoms with Gasteiger partial charge in [-0.3, -0.25) is 4.90 Å². The number of alkyl halides is 3. The Bertz CT molecular complexity index is 802. The Kier molecular flexibility index (Phi) is 6.43. The van der Waals surface area contributed by atoms with Crippen LogP contribution in [0.3, 0.4) is 0 Å². The maximum absolute atomic E-state index is 13.3. The van der Waals surface area contributed by atoms with Gasteiger partial charge in [-0.1, -0.05) is 41.9 Å². The molecular formula is C21H22ClF3N2O. The number of likely N-dealkylation sites (tertiary alicyclic amines) is 1. The van der Waals surface area contributed by atoms with Gasteiger partial charge in [0, 0.05) is 5.02 Å². The summed E-state index contributed by atoms with van der Waals surface area (Å²) in [7, 11) is 0. The number of halogens is 4. The van der Waals surface area contributed by atoms with Gasteiger partial charge in [-0.15, -0.1) is 0 Å². The van der Waals surface area contributed by atoms with Crippen LogP contribution in [-0.4, -0.2) is 30.3 Å². The quantitative estimate of drug-likeness (QED) is 0.720. The van der Waals surface area contributed by atoms with E-state index in [4.69, 9.17) is 17.3 Å². The molecule has 3 nitrogen and oxygen atoms in total. The number of piperidine rings is 1. The van der Waals surface area contributed by atoms with Gasteiger partial charge < -0.3 is 10.5 Å². The molecule has 2 aromatic rings. The van der Waals surface area contributed by atoms with Crippen LogP contribution in [-0.2, 0) is 11.0 Å². The Labute approximate surface area is 167 Å². The van der Waals surface area contributed by atoms with E-state index in [-0.39, 0.29) is 12.0 Å². The molecule has 3 rings (SSSR count). The highest BCUT2D eigenvalue weighted by molar-refractivity contribution is 6.30. The van der Waals surface area contributed by atoms with Gasteiger partial charge >= 0.3 is 6.18 Å². The highest BCUT2D eigenvalue weighted by Gasteiger charge is 2.37. The van der Waals surface area contributed by atoms with Crippen molar-refractivity contribution in [1.82, 2.24) is 4.90 Å². The van der Waals surface area contributed by atoms with Gasteiger partial charge in [0.15, 0.2) is 0 Å². The van der Waals surface area contributed by atoms with Gasteiger partial charge in [-0.25, -0.2) is 0 Å². The van der Waals surface area contributed by atoms with Crippen LogP contribution in [0.25, 0.3) is 0 Å². The molecular weight excluding hydrogens is 389 g/mol. The van der Waals surface area contributed by atoms with Gasteiger partial charge in [0.2, 0.25) is 0 Å². The topological polar surface area (TPSA) is 46.3 Å². The lowest BCUT2D eigenvalue weighted by molar-refractivity contribution is -0.138. The number of hydrogen-bond acceptors (Lipinski definition) is 3. The number of hydrogen-bond donors (Lipinski definition) is 1. The van der Waals surface area contributed by atoms with Crippen molar-refractivity contribution in [3.05, 3.63) is 70.2 Å². The van der Waals surface area contributed by atoms with E-state index >= 15 is 0 Å². The second kappa shape index (κ2) is 8.64. The molecule has 1 saturated heterocycles. The maximum atomic E-state index is 13.3. The average Bonchev–Trinajstić information content (AvgIpc) is 2.69. The molecule has 0 aliphatic carbocycles. The summed E-state index contributed by atoms with van der Waals surface area (Å²) in [6, 6.07) is 11.9. The van der Waals surface area contributed by atoms with Crippen LogP contribution < -0.4 is 5.73 Å². The molecule has 150 valence electrons. The largest absolute Gasteiger partial charge is 0.416 e. The van der Waals surface area contributed by atoms with E-state index in [1.54, 1.807) is 24.3 Å². The van der Waals surface area contributed by atoms with Crippen LogP contribution in [0.2, 0.25) is 5.02 Å². The van der Waals surface area contributed by atoms with Crippen molar-refractivity contribution >= 4 is 17.9 Å². The average molecular weight is 411 g/mol. The molecule has 7 heteroatoms. The van der Waals surface area contributed by atoms with Crippen LogP contribution in [0.4, 0.5) is 13.2 Å².